The predicted octanol–water partition coefficient (Wildman–Crippen LogP) is 10.5. The molecule has 0 fully saturated rings. The highest BCUT2D eigenvalue weighted by Gasteiger charge is 2.21. The van der Waals surface area contributed by atoms with Crippen LogP contribution in [-0.2, 0) is 6.61 Å². The molecule has 7 nitrogen and oxygen atoms in total. The van der Waals surface area contributed by atoms with Gasteiger partial charge in [-0.3, -0.25) is 4.79 Å². The molecule has 0 unspecified atom stereocenters. The lowest BCUT2D eigenvalue weighted by Gasteiger charge is -2.18. The van der Waals surface area contributed by atoms with Gasteiger partial charge in [0.2, 0.25) is 0 Å². The number of fused-ring (bicyclic) bond motifs is 1. The van der Waals surface area contributed by atoms with Crippen LogP contribution in [0.15, 0.2) is 75.0 Å². The van der Waals surface area contributed by atoms with Crippen LogP contribution < -0.4 is 19.8 Å². The molecule has 0 aliphatic rings. The number of hydrogen-bond acceptors (Lipinski definition) is 6. The Morgan fingerprint density at radius 3 is 2.38 bits per heavy atom. The van der Waals surface area contributed by atoms with Gasteiger partial charge < -0.3 is 14.2 Å². The van der Waals surface area contributed by atoms with Gasteiger partial charge in [-0.05, 0) is 96.2 Å². The van der Waals surface area contributed by atoms with Crippen molar-refractivity contribution in [1.29, 1.82) is 0 Å². The summed E-state index contributed by atoms with van der Waals surface area (Å²) in [5, 5.41) is 6.41. The molecular weight excluding hydrogens is 725 g/mol. The van der Waals surface area contributed by atoms with E-state index >= 15 is 0 Å². The lowest BCUT2D eigenvalue weighted by molar-refractivity contribution is 0.269. The first-order valence-corrected chi connectivity index (χ1v) is 17.0. The maximum Gasteiger partial charge on any atom is 0.282 e. The van der Waals surface area contributed by atoms with Crippen molar-refractivity contribution in [3.05, 3.63) is 113 Å². The standard InChI is InChI=1S/C36H33BrCl3N3O4/c1-6-45-30-14-21(5)27(17-26(30)20(3)4)35-42-29-11-9-8-10-25(29)36(44)43(35)41-18-23-15-31(46-7-2)34(33(40)32(23)37)47-19-22-12-13-24(38)16-28(22)39/h8-18,20H,6-7,19H2,1-5H3. The summed E-state index contributed by atoms with van der Waals surface area (Å²) in [4.78, 5) is 18.9. The summed E-state index contributed by atoms with van der Waals surface area (Å²) in [6.07, 6.45) is 1.55. The van der Waals surface area contributed by atoms with Crippen LogP contribution in [0.5, 0.6) is 17.2 Å². The second-order valence-electron chi connectivity index (χ2n) is 11.0. The molecule has 1 heterocycles. The normalized spacial score (nSPS) is 11.5. The van der Waals surface area contributed by atoms with Crippen LogP contribution in [0.25, 0.3) is 22.3 Å². The Kier molecular flexibility index (Phi) is 11.2. The smallest absolute Gasteiger partial charge is 0.282 e. The van der Waals surface area contributed by atoms with Crippen LogP contribution in [0.1, 0.15) is 55.9 Å². The van der Waals surface area contributed by atoms with E-state index in [4.69, 9.17) is 59.1 Å². The van der Waals surface area contributed by atoms with Gasteiger partial charge in [0.15, 0.2) is 17.3 Å². The highest BCUT2D eigenvalue weighted by Crippen LogP contribution is 2.43. The minimum absolute atomic E-state index is 0.136. The molecule has 0 radical (unpaired) electrons. The van der Waals surface area contributed by atoms with Crippen molar-refractivity contribution in [1.82, 2.24) is 9.66 Å². The van der Waals surface area contributed by atoms with E-state index in [9.17, 15) is 4.79 Å². The van der Waals surface area contributed by atoms with Crippen LogP contribution in [0, 0.1) is 6.92 Å². The van der Waals surface area contributed by atoms with E-state index in [1.807, 2.05) is 45.0 Å². The van der Waals surface area contributed by atoms with Crippen molar-refractivity contribution in [2.24, 2.45) is 5.10 Å². The second kappa shape index (κ2) is 15.1. The molecule has 11 heteroatoms. The quantitative estimate of drug-likeness (QED) is 0.125. The van der Waals surface area contributed by atoms with Gasteiger partial charge >= 0.3 is 0 Å². The molecule has 47 heavy (non-hydrogen) atoms. The molecule has 0 aliphatic heterocycles. The monoisotopic (exact) mass is 755 g/mol. The predicted molar refractivity (Wildman–Crippen MR) is 196 cm³/mol. The fourth-order valence-corrected chi connectivity index (χ4v) is 6.20. The molecule has 244 valence electrons. The maximum atomic E-state index is 14.0. The number of ether oxygens (including phenoxy) is 3. The molecule has 0 aliphatic carbocycles. The SMILES string of the molecule is CCOc1cc(C)c(-c2nc3ccccc3c(=O)n2N=Cc2cc(OCC)c(OCc3ccc(Cl)cc3Cl)c(Cl)c2Br)cc1C(C)C. The molecule has 0 atom stereocenters. The third-order valence-electron chi connectivity index (χ3n) is 7.43. The summed E-state index contributed by atoms with van der Waals surface area (Å²) in [5.41, 5.74) is 4.24. The Balaban J connectivity index is 1.63. The Morgan fingerprint density at radius 1 is 0.957 bits per heavy atom. The van der Waals surface area contributed by atoms with Crippen molar-refractivity contribution in [3.63, 3.8) is 0 Å². The maximum absolute atomic E-state index is 14.0. The molecule has 5 aromatic rings. The highest BCUT2D eigenvalue weighted by atomic mass is 79.9. The molecular formula is C36H33BrCl3N3O4. The average molecular weight is 758 g/mol. The van der Waals surface area contributed by atoms with Gasteiger partial charge in [-0.1, -0.05) is 66.8 Å². The van der Waals surface area contributed by atoms with Crippen molar-refractivity contribution in [2.45, 2.75) is 47.1 Å². The van der Waals surface area contributed by atoms with E-state index in [0.717, 1.165) is 28.0 Å². The average Bonchev–Trinajstić information content (AvgIpc) is 3.03. The molecule has 0 saturated carbocycles. The number of benzene rings is 4. The molecule has 0 bridgehead atoms. The van der Waals surface area contributed by atoms with Crippen LogP contribution in [0.4, 0.5) is 0 Å². The number of hydrogen-bond donors (Lipinski definition) is 0. The van der Waals surface area contributed by atoms with Crippen LogP contribution >= 0.6 is 50.7 Å². The zero-order valence-electron chi connectivity index (χ0n) is 26.5. The van der Waals surface area contributed by atoms with Crippen molar-refractivity contribution < 1.29 is 14.2 Å². The summed E-state index contributed by atoms with van der Waals surface area (Å²) in [6, 6.07) is 18.2. The number of para-hydroxylation sites is 1. The number of aromatic nitrogens is 2. The highest BCUT2D eigenvalue weighted by molar-refractivity contribution is 9.10. The van der Waals surface area contributed by atoms with E-state index < -0.39 is 0 Å². The lowest BCUT2D eigenvalue weighted by Crippen LogP contribution is -2.21. The van der Waals surface area contributed by atoms with Gasteiger partial charge in [0.05, 0.1) is 30.3 Å². The van der Waals surface area contributed by atoms with Crippen LogP contribution in [-0.4, -0.2) is 29.1 Å². The first kappa shape index (κ1) is 34.8. The number of rotatable bonds is 11. The van der Waals surface area contributed by atoms with Gasteiger partial charge in [-0.15, -0.1) is 0 Å². The van der Waals surface area contributed by atoms with Crippen molar-refractivity contribution >= 4 is 67.9 Å². The minimum Gasteiger partial charge on any atom is -0.494 e. The van der Waals surface area contributed by atoms with E-state index in [2.05, 4.69) is 29.8 Å². The fourth-order valence-electron chi connectivity index (χ4n) is 5.08. The fraction of sp³-hybridized carbons (Fsp3) is 0.250. The van der Waals surface area contributed by atoms with Gasteiger partial charge in [-0.25, -0.2) is 4.98 Å². The third kappa shape index (κ3) is 7.46. The minimum atomic E-state index is -0.312. The van der Waals surface area contributed by atoms with Crippen LogP contribution in [0.3, 0.4) is 0 Å². The first-order valence-electron chi connectivity index (χ1n) is 15.1. The zero-order valence-corrected chi connectivity index (χ0v) is 30.4. The molecule has 0 N–H and O–H groups in total. The number of aryl methyl sites for hydroxylation is 1. The Morgan fingerprint density at radius 2 is 1.68 bits per heavy atom. The summed E-state index contributed by atoms with van der Waals surface area (Å²) < 4.78 is 19.8. The molecule has 4 aromatic carbocycles. The second-order valence-corrected chi connectivity index (χ2v) is 13.0. The number of halogens is 4. The molecule has 0 saturated heterocycles. The molecule has 1 aromatic heterocycles. The zero-order chi connectivity index (χ0) is 33.8. The Bertz CT molecular complexity index is 2050. The van der Waals surface area contributed by atoms with E-state index in [1.54, 1.807) is 42.6 Å². The Labute approximate surface area is 297 Å². The summed E-state index contributed by atoms with van der Waals surface area (Å²) in [6.45, 7) is 11.0. The molecule has 0 spiro atoms. The topological polar surface area (TPSA) is 74.9 Å². The van der Waals surface area contributed by atoms with Crippen molar-refractivity contribution in [3.8, 4) is 28.6 Å². The van der Waals surface area contributed by atoms with Crippen LogP contribution in [0.2, 0.25) is 15.1 Å². The van der Waals surface area contributed by atoms with E-state index in [-0.39, 0.29) is 23.1 Å². The molecule has 5 rings (SSSR count). The van der Waals surface area contributed by atoms with Gasteiger partial charge in [0.1, 0.15) is 17.4 Å². The summed E-state index contributed by atoms with van der Waals surface area (Å²) in [7, 11) is 0. The van der Waals surface area contributed by atoms with Gasteiger partial charge in [-0.2, -0.15) is 9.78 Å². The Hall–Kier alpha value is -3.56. The largest absolute Gasteiger partial charge is 0.494 e. The number of nitrogens with zero attached hydrogens (tertiary/aromatic N) is 3. The van der Waals surface area contributed by atoms with Crippen molar-refractivity contribution in [2.75, 3.05) is 13.2 Å². The van der Waals surface area contributed by atoms with E-state index in [1.165, 1.54) is 4.68 Å². The molecule has 0 amide bonds. The lowest BCUT2D eigenvalue weighted by atomic mass is 9.96. The van der Waals surface area contributed by atoms with Gasteiger partial charge in [0, 0.05) is 31.2 Å². The summed E-state index contributed by atoms with van der Waals surface area (Å²) in [5.74, 6) is 2.12. The first-order chi connectivity index (χ1) is 22.5. The summed E-state index contributed by atoms with van der Waals surface area (Å²) >= 11 is 22.8. The third-order valence-corrected chi connectivity index (χ3v) is 9.46. The van der Waals surface area contributed by atoms with Gasteiger partial charge in [0.25, 0.3) is 5.56 Å². The van der Waals surface area contributed by atoms with E-state index in [0.29, 0.717) is 61.5 Å².